The lowest BCUT2D eigenvalue weighted by atomic mass is 9.85. The lowest BCUT2D eigenvalue weighted by Gasteiger charge is -2.25. The number of hydrogen-bond acceptors (Lipinski definition) is 2. The van der Waals surface area contributed by atoms with E-state index in [2.05, 4.69) is 9.71 Å². The minimum atomic E-state index is -3.79. The van der Waals surface area contributed by atoms with Gasteiger partial charge in [0, 0.05) is 29.1 Å². The van der Waals surface area contributed by atoms with E-state index in [-0.39, 0.29) is 22.8 Å². The lowest BCUT2D eigenvalue weighted by molar-refractivity contribution is 0.504. The Labute approximate surface area is 151 Å². The standard InChI is InChI=1S/C19H20F2N2O2S/c1-12-8-14(5-6-17(12)21)26(24,25)23-11-19(2,3)16-10-22-18-7-4-13(20)9-15(16)18/h4-10,22-23H,11H2,1-3H3. The maximum absolute atomic E-state index is 13.6. The van der Waals surface area contributed by atoms with Crippen molar-refractivity contribution >= 4 is 20.9 Å². The van der Waals surface area contributed by atoms with E-state index in [0.29, 0.717) is 5.39 Å². The van der Waals surface area contributed by atoms with Crippen molar-refractivity contribution in [3.8, 4) is 0 Å². The second-order valence-electron chi connectivity index (χ2n) is 7.01. The molecule has 0 aliphatic rings. The number of aryl methyl sites for hydroxylation is 1. The zero-order chi connectivity index (χ0) is 19.1. The summed E-state index contributed by atoms with van der Waals surface area (Å²) >= 11 is 0. The Morgan fingerprint density at radius 1 is 1.12 bits per heavy atom. The van der Waals surface area contributed by atoms with Gasteiger partial charge in [0.15, 0.2) is 0 Å². The summed E-state index contributed by atoms with van der Waals surface area (Å²) in [7, 11) is -3.79. The number of benzene rings is 2. The van der Waals surface area contributed by atoms with Gasteiger partial charge in [0.25, 0.3) is 0 Å². The number of H-pyrrole nitrogens is 1. The fourth-order valence-corrected chi connectivity index (χ4v) is 4.19. The van der Waals surface area contributed by atoms with Gasteiger partial charge in [0.1, 0.15) is 11.6 Å². The van der Waals surface area contributed by atoms with Crippen molar-refractivity contribution in [2.45, 2.75) is 31.1 Å². The van der Waals surface area contributed by atoms with Crippen LogP contribution in [0.2, 0.25) is 0 Å². The number of halogens is 2. The maximum atomic E-state index is 13.6. The van der Waals surface area contributed by atoms with Crippen molar-refractivity contribution < 1.29 is 17.2 Å². The molecule has 0 unspecified atom stereocenters. The maximum Gasteiger partial charge on any atom is 0.240 e. The van der Waals surface area contributed by atoms with E-state index in [0.717, 1.165) is 17.1 Å². The van der Waals surface area contributed by atoms with Crippen LogP contribution in [0.15, 0.2) is 47.5 Å². The molecular formula is C19H20F2N2O2S. The normalized spacial score (nSPS) is 12.7. The summed E-state index contributed by atoms with van der Waals surface area (Å²) in [4.78, 5) is 3.09. The van der Waals surface area contributed by atoms with Crippen molar-refractivity contribution in [2.75, 3.05) is 6.54 Å². The SMILES string of the molecule is Cc1cc(S(=O)(=O)NCC(C)(C)c2c[nH]c3ccc(F)cc23)ccc1F. The number of aromatic amines is 1. The van der Waals surface area contributed by atoms with Crippen molar-refractivity contribution in [1.29, 1.82) is 0 Å². The number of rotatable bonds is 5. The monoisotopic (exact) mass is 378 g/mol. The molecular weight excluding hydrogens is 358 g/mol. The van der Waals surface area contributed by atoms with Crippen LogP contribution < -0.4 is 4.72 Å². The third-order valence-electron chi connectivity index (χ3n) is 4.52. The summed E-state index contributed by atoms with van der Waals surface area (Å²) in [5, 5.41) is 0.715. The van der Waals surface area contributed by atoms with Crippen molar-refractivity contribution in [1.82, 2.24) is 9.71 Å². The lowest BCUT2D eigenvalue weighted by Crippen LogP contribution is -2.36. The molecule has 1 heterocycles. The summed E-state index contributed by atoms with van der Waals surface area (Å²) in [6.45, 7) is 5.37. The molecule has 0 amide bonds. The van der Waals surface area contributed by atoms with Gasteiger partial charge >= 0.3 is 0 Å². The Kier molecular flexibility index (Phi) is 4.62. The van der Waals surface area contributed by atoms with E-state index in [9.17, 15) is 17.2 Å². The van der Waals surface area contributed by atoms with Crippen LogP contribution in [0.25, 0.3) is 10.9 Å². The highest BCUT2D eigenvalue weighted by Crippen LogP contribution is 2.31. The first kappa shape index (κ1) is 18.5. The first-order valence-electron chi connectivity index (χ1n) is 8.13. The summed E-state index contributed by atoms with van der Waals surface area (Å²) in [6, 6.07) is 8.12. The number of aromatic nitrogens is 1. The van der Waals surface area contributed by atoms with Gasteiger partial charge in [-0.15, -0.1) is 0 Å². The Morgan fingerprint density at radius 3 is 2.54 bits per heavy atom. The van der Waals surface area contributed by atoms with Gasteiger partial charge in [0.05, 0.1) is 4.90 Å². The van der Waals surface area contributed by atoms with E-state index in [4.69, 9.17) is 0 Å². The molecule has 0 bridgehead atoms. The van der Waals surface area contributed by atoms with Gasteiger partial charge in [0.2, 0.25) is 10.0 Å². The van der Waals surface area contributed by atoms with E-state index >= 15 is 0 Å². The Bertz CT molecular complexity index is 1070. The van der Waals surface area contributed by atoms with Crippen LogP contribution >= 0.6 is 0 Å². The molecule has 0 saturated heterocycles. The van der Waals surface area contributed by atoms with Crippen LogP contribution in [0.4, 0.5) is 8.78 Å². The van der Waals surface area contributed by atoms with Gasteiger partial charge in [-0.1, -0.05) is 13.8 Å². The molecule has 26 heavy (non-hydrogen) atoms. The highest BCUT2D eigenvalue weighted by Gasteiger charge is 2.27. The smallest absolute Gasteiger partial charge is 0.240 e. The molecule has 0 atom stereocenters. The molecule has 3 aromatic rings. The zero-order valence-electron chi connectivity index (χ0n) is 14.7. The minimum absolute atomic E-state index is 0.0113. The van der Waals surface area contributed by atoms with Crippen LogP contribution in [0, 0.1) is 18.6 Å². The Morgan fingerprint density at radius 2 is 1.85 bits per heavy atom. The number of nitrogens with one attached hydrogen (secondary N) is 2. The molecule has 0 fully saturated rings. The number of hydrogen-bond donors (Lipinski definition) is 2. The Balaban J connectivity index is 1.87. The Hall–Kier alpha value is -2.25. The molecule has 7 heteroatoms. The fraction of sp³-hybridized carbons (Fsp3) is 0.263. The van der Waals surface area contributed by atoms with E-state index in [1.165, 1.54) is 31.2 Å². The molecule has 2 aromatic carbocycles. The van der Waals surface area contributed by atoms with Crippen LogP contribution in [0.5, 0.6) is 0 Å². The van der Waals surface area contributed by atoms with E-state index in [1.807, 2.05) is 13.8 Å². The van der Waals surface area contributed by atoms with Crippen LogP contribution in [-0.2, 0) is 15.4 Å². The first-order valence-corrected chi connectivity index (χ1v) is 9.61. The minimum Gasteiger partial charge on any atom is -0.361 e. The predicted octanol–water partition coefficient (Wildman–Crippen LogP) is 4.01. The summed E-state index contributed by atoms with van der Waals surface area (Å²) in [5.41, 5.74) is 1.27. The third kappa shape index (κ3) is 3.50. The van der Waals surface area contributed by atoms with Crippen LogP contribution in [0.1, 0.15) is 25.0 Å². The van der Waals surface area contributed by atoms with Gasteiger partial charge < -0.3 is 4.98 Å². The number of sulfonamides is 1. The average Bonchev–Trinajstić information content (AvgIpc) is 2.99. The van der Waals surface area contributed by atoms with E-state index < -0.39 is 21.3 Å². The molecule has 2 N–H and O–H groups in total. The molecule has 0 aliphatic carbocycles. The number of fused-ring (bicyclic) bond motifs is 1. The second-order valence-corrected chi connectivity index (χ2v) is 8.78. The van der Waals surface area contributed by atoms with Gasteiger partial charge in [-0.25, -0.2) is 21.9 Å². The molecule has 4 nitrogen and oxygen atoms in total. The quantitative estimate of drug-likeness (QED) is 0.705. The van der Waals surface area contributed by atoms with Gasteiger partial charge in [-0.3, -0.25) is 0 Å². The van der Waals surface area contributed by atoms with Crippen molar-refractivity contribution in [3.05, 3.63) is 65.4 Å². The third-order valence-corrected chi connectivity index (χ3v) is 5.92. The summed E-state index contributed by atoms with van der Waals surface area (Å²) < 4.78 is 54.6. The molecule has 3 rings (SSSR count). The predicted molar refractivity (Wildman–Crippen MR) is 97.6 cm³/mol. The molecule has 0 spiro atoms. The van der Waals surface area contributed by atoms with E-state index in [1.54, 1.807) is 12.3 Å². The van der Waals surface area contributed by atoms with Crippen LogP contribution in [-0.4, -0.2) is 19.9 Å². The molecule has 0 aliphatic heterocycles. The highest BCUT2D eigenvalue weighted by molar-refractivity contribution is 7.89. The zero-order valence-corrected chi connectivity index (χ0v) is 15.5. The largest absolute Gasteiger partial charge is 0.361 e. The summed E-state index contributed by atoms with van der Waals surface area (Å²) in [5.74, 6) is -0.804. The van der Waals surface area contributed by atoms with Gasteiger partial charge in [-0.2, -0.15) is 0 Å². The van der Waals surface area contributed by atoms with Crippen molar-refractivity contribution in [2.24, 2.45) is 0 Å². The molecule has 138 valence electrons. The van der Waals surface area contributed by atoms with Gasteiger partial charge in [-0.05, 0) is 54.4 Å². The molecule has 0 radical (unpaired) electrons. The van der Waals surface area contributed by atoms with Crippen LogP contribution in [0.3, 0.4) is 0 Å². The fourth-order valence-electron chi connectivity index (χ4n) is 2.89. The average molecular weight is 378 g/mol. The van der Waals surface area contributed by atoms with Crippen molar-refractivity contribution in [3.63, 3.8) is 0 Å². The molecule has 0 saturated carbocycles. The summed E-state index contributed by atoms with van der Waals surface area (Å²) in [6.07, 6.45) is 1.76. The second kappa shape index (κ2) is 6.48. The highest BCUT2D eigenvalue weighted by atomic mass is 32.2. The molecule has 1 aromatic heterocycles. The topological polar surface area (TPSA) is 62.0 Å². The first-order chi connectivity index (χ1) is 12.1.